The predicted molar refractivity (Wildman–Crippen MR) is 66.4 cm³/mol. The summed E-state index contributed by atoms with van der Waals surface area (Å²) in [5.74, 6) is 2.25. The molecule has 15 heavy (non-hydrogen) atoms. The zero-order valence-corrected chi connectivity index (χ0v) is 11.4. The number of ether oxygens (including phenoxy) is 1. The van der Waals surface area contributed by atoms with Crippen LogP contribution in [0.3, 0.4) is 0 Å². The maximum atomic E-state index is 11.2. The highest BCUT2D eigenvalue weighted by molar-refractivity contribution is 9.12. The number of amides is 1. The van der Waals surface area contributed by atoms with Crippen LogP contribution in [0.15, 0.2) is 0 Å². The number of hydrogen-bond acceptors (Lipinski definition) is 2. The molecule has 0 bridgehead atoms. The molecular formula is C10H13Br2NO2. The Morgan fingerprint density at radius 1 is 1.47 bits per heavy atom. The molecule has 0 heterocycles. The number of nitrogens with one attached hydrogen (secondary N) is 1. The fraction of sp³-hybridized carbons (Fsp3) is 0.700. The molecule has 0 aromatic rings. The van der Waals surface area contributed by atoms with E-state index in [1.54, 1.807) is 0 Å². The first-order valence-corrected chi connectivity index (χ1v) is 6.61. The van der Waals surface area contributed by atoms with Crippen molar-refractivity contribution in [1.82, 2.24) is 5.32 Å². The third kappa shape index (κ3) is 4.43. The van der Waals surface area contributed by atoms with Crippen molar-refractivity contribution < 1.29 is 9.53 Å². The summed E-state index contributed by atoms with van der Waals surface area (Å²) in [6.07, 6.45) is 7.46. The van der Waals surface area contributed by atoms with E-state index >= 15 is 0 Å². The average molecular weight is 339 g/mol. The highest BCUT2D eigenvalue weighted by atomic mass is 79.9. The number of halogens is 2. The molecule has 0 spiro atoms. The Hall–Kier alpha value is -0.210. The minimum absolute atomic E-state index is 0.0252. The molecule has 0 unspecified atom stereocenters. The van der Waals surface area contributed by atoms with Crippen LogP contribution in [0.2, 0.25) is 0 Å². The van der Waals surface area contributed by atoms with Gasteiger partial charge in [0.2, 0.25) is 0 Å². The third-order valence-corrected chi connectivity index (χ3v) is 5.12. The molecule has 3 nitrogen and oxygen atoms in total. The summed E-state index contributed by atoms with van der Waals surface area (Å²) in [5, 5.41) is 2.80. The minimum Gasteiger partial charge on any atom is -0.436 e. The molecule has 1 rings (SSSR count). The van der Waals surface area contributed by atoms with Crippen molar-refractivity contribution >= 4 is 38.0 Å². The van der Waals surface area contributed by atoms with Gasteiger partial charge in [-0.1, -0.05) is 37.8 Å². The van der Waals surface area contributed by atoms with Gasteiger partial charge in [-0.2, -0.15) is 0 Å². The van der Waals surface area contributed by atoms with Crippen molar-refractivity contribution in [1.29, 1.82) is 0 Å². The van der Waals surface area contributed by atoms with Crippen LogP contribution in [0.25, 0.3) is 0 Å². The van der Waals surface area contributed by atoms with Crippen molar-refractivity contribution in [3.05, 3.63) is 0 Å². The summed E-state index contributed by atoms with van der Waals surface area (Å²) in [5.41, 5.74) is 0. The van der Waals surface area contributed by atoms with Gasteiger partial charge in [0.05, 0.1) is 0 Å². The Kier molecular flexibility index (Phi) is 5.48. The average Bonchev–Trinajstić information content (AvgIpc) is 2.20. The molecule has 0 saturated heterocycles. The van der Waals surface area contributed by atoms with E-state index in [9.17, 15) is 4.79 Å². The molecule has 0 aromatic carbocycles. The Morgan fingerprint density at radius 2 is 2.20 bits per heavy atom. The van der Waals surface area contributed by atoms with E-state index in [0.29, 0.717) is 9.65 Å². The SMILES string of the molecule is C#CCOC(=O)N[C@H]1CC[C@H](Br)[C@@H](Br)C1. The predicted octanol–water partition coefficient (Wildman–Crippen LogP) is 2.43. The molecular weight excluding hydrogens is 326 g/mol. The molecule has 0 aromatic heterocycles. The van der Waals surface area contributed by atoms with Crippen LogP contribution in [-0.4, -0.2) is 28.4 Å². The summed E-state index contributed by atoms with van der Waals surface area (Å²) in [4.78, 5) is 12.1. The second-order valence-electron chi connectivity index (χ2n) is 3.47. The fourth-order valence-corrected chi connectivity index (χ4v) is 2.72. The lowest BCUT2D eigenvalue weighted by molar-refractivity contribution is 0.153. The molecule has 1 fully saturated rings. The van der Waals surface area contributed by atoms with E-state index in [4.69, 9.17) is 11.2 Å². The number of alkyl halides is 2. The van der Waals surface area contributed by atoms with Crippen LogP contribution in [0.4, 0.5) is 4.79 Å². The van der Waals surface area contributed by atoms with Gasteiger partial charge in [0.25, 0.3) is 0 Å². The summed E-state index contributed by atoms with van der Waals surface area (Å²) < 4.78 is 4.74. The fourth-order valence-electron chi connectivity index (χ4n) is 1.53. The monoisotopic (exact) mass is 337 g/mol. The zero-order valence-electron chi connectivity index (χ0n) is 8.21. The summed E-state index contributed by atoms with van der Waals surface area (Å²) in [7, 11) is 0. The van der Waals surface area contributed by atoms with Gasteiger partial charge in [-0.25, -0.2) is 4.79 Å². The van der Waals surface area contributed by atoms with Crippen molar-refractivity contribution in [3.8, 4) is 12.3 Å². The number of carbonyl (C=O) groups excluding carboxylic acids is 1. The van der Waals surface area contributed by atoms with Gasteiger partial charge >= 0.3 is 6.09 Å². The molecule has 1 aliphatic rings. The van der Waals surface area contributed by atoms with Crippen molar-refractivity contribution in [2.75, 3.05) is 6.61 Å². The molecule has 3 atom stereocenters. The van der Waals surface area contributed by atoms with Crippen LogP contribution < -0.4 is 5.32 Å². The Labute approximate surface area is 107 Å². The molecule has 0 radical (unpaired) electrons. The second kappa shape index (κ2) is 6.39. The van der Waals surface area contributed by atoms with E-state index < -0.39 is 6.09 Å². The molecule has 1 N–H and O–H groups in total. The van der Waals surface area contributed by atoms with Gasteiger partial charge < -0.3 is 10.1 Å². The largest absolute Gasteiger partial charge is 0.436 e. The lowest BCUT2D eigenvalue weighted by Crippen LogP contribution is -2.41. The van der Waals surface area contributed by atoms with E-state index in [1.807, 2.05) is 0 Å². The van der Waals surface area contributed by atoms with Crippen molar-refractivity contribution in [3.63, 3.8) is 0 Å². The molecule has 84 valence electrons. The van der Waals surface area contributed by atoms with Crippen molar-refractivity contribution in [2.45, 2.75) is 35.0 Å². The van der Waals surface area contributed by atoms with Gasteiger partial charge in [-0.3, -0.25) is 0 Å². The molecule has 1 saturated carbocycles. The van der Waals surface area contributed by atoms with Crippen LogP contribution in [-0.2, 0) is 4.74 Å². The normalized spacial score (nSPS) is 30.3. The number of rotatable bonds is 2. The van der Waals surface area contributed by atoms with Crippen molar-refractivity contribution in [2.24, 2.45) is 0 Å². The topological polar surface area (TPSA) is 38.3 Å². The highest BCUT2D eigenvalue weighted by Gasteiger charge is 2.27. The standard InChI is InChI=1S/C10H13Br2NO2/c1-2-5-15-10(14)13-7-3-4-8(11)9(12)6-7/h1,7-9H,3-6H2,(H,13,14)/t7-,8-,9-/m0/s1. The van der Waals surface area contributed by atoms with Gasteiger partial charge in [-0.05, 0) is 19.3 Å². The van der Waals surface area contributed by atoms with Crippen LogP contribution in [0, 0.1) is 12.3 Å². The molecule has 0 aliphatic heterocycles. The third-order valence-electron chi connectivity index (χ3n) is 2.30. The molecule has 1 aliphatic carbocycles. The summed E-state index contributed by atoms with van der Waals surface area (Å²) >= 11 is 7.14. The Bertz CT molecular complexity index is 265. The lowest BCUT2D eigenvalue weighted by atomic mass is 9.95. The van der Waals surface area contributed by atoms with Crippen LogP contribution >= 0.6 is 31.9 Å². The minimum atomic E-state index is -0.425. The number of carbonyl (C=O) groups is 1. The second-order valence-corrected chi connectivity index (χ2v) is 5.82. The van der Waals surface area contributed by atoms with E-state index in [0.717, 1.165) is 19.3 Å². The van der Waals surface area contributed by atoms with Gasteiger partial charge in [0.1, 0.15) is 0 Å². The van der Waals surface area contributed by atoms with Gasteiger partial charge in [0, 0.05) is 15.7 Å². The first-order valence-electron chi connectivity index (χ1n) is 4.78. The quantitative estimate of drug-likeness (QED) is 0.620. The van der Waals surface area contributed by atoms with Crippen LogP contribution in [0.5, 0.6) is 0 Å². The van der Waals surface area contributed by atoms with E-state index in [1.165, 1.54) is 0 Å². The number of alkyl carbamates (subject to hydrolysis) is 1. The first-order chi connectivity index (χ1) is 7.13. The zero-order chi connectivity index (χ0) is 11.3. The first kappa shape index (κ1) is 12.9. The maximum absolute atomic E-state index is 11.2. The summed E-state index contributed by atoms with van der Waals surface area (Å²) in [6, 6.07) is 0.174. The highest BCUT2D eigenvalue weighted by Crippen LogP contribution is 2.30. The maximum Gasteiger partial charge on any atom is 0.408 e. The smallest absolute Gasteiger partial charge is 0.408 e. The number of terminal acetylenes is 1. The van der Waals surface area contributed by atoms with Crippen LogP contribution in [0.1, 0.15) is 19.3 Å². The lowest BCUT2D eigenvalue weighted by Gasteiger charge is -2.29. The number of hydrogen-bond donors (Lipinski definition) is 1. The van der Waals surface area contributed by atoms with E-state index in [2.05, 4.69) is 43.1 Å². The Morgan fingerprint density at radius 3 is 2.80 bits per heavy atom. The summed E-state index contributed by atoms with van der Waals surface area (Å²) in [6.45, 7) is 0.0252. The van der Waals surface area contributed by atoms with Gasteiger partial charge in [0.15, 0.2) is 6.61 Å². The Balaban J connectivity index is 2.28. The molecule has 1 amide bonds. The molecule has 5 heteroatoms. The van der Waals surface area contributed by atoms with Gasteiger partial charge in [-0.15, -0.1) is 6.42 Å². The van der Waals surface area contributed by atoms with E-state index in [-0.39, 0.29) is 12.6 Å².